The summed E-state index contributed by atoms with van der Waals surface area (Å²) in [5.41, 5.74) is 9.58. The van der Waals surface area contributed by atoms with E-state index in [1.54, 1.807) is 0 Å². The van der Waals surface area contributed by atoms with Gasteiger partial charge in [-0.1, -0.05) is 0 Å². The van der Waals surface area contributed by atoms with E-state index >= 15 is 0 Å². The largest absolute Gasteiger partial charge is 0.399 e. The molecule has 104 valence electrons. The molecule has 0 radical (unpaired) electrons. The maximum atomic E-state index is 5.88. The lowest BCUT2D eigenvalue weighted by Gasteiger charge is -2.31. The van der Waals surface area contributed by atoms with E-state index in [2.05, 4.69) is 17.0 Å². The van der Waals surface area contributed by atoms with Crippen molar-refractivity contribution in [3.8, 4) is 0 Å². The highest BCUT2D eigenvalue weighted by atomic mass is 16.5. The number of hydrogen-bond acceptors (Lipinski definition) is 3. The standard InChI is InChI=1S/C16H24N2O/c17-14-7-8-16-13(12-14)4-1-9-18(16)10-2-5-15-6-3-11-19-15/h7-8,12,15H,1-6,9-11,17H2. The number of benzene rings is 1. The highest BCUT2D eigenvalue weighted by molar-refractivity contribution is 5.61. The Balaban J connectivity index is 1.57. The maximum Gasteiger partial charge on any atom is 0.0576 e. The summed E-state index contributed by atoms with van der Waals surface area (Å²) in [6, 6.07) is 6.36. The molecule has 1 aromatic carbocycles. The van der Waals surface area contributed by atoms with Gasteiger partial charge in [0.15, 0.2) is 0 Å². The molecule has 3 heteroatoms. The van der Waals surface area contributed by atoms with Crippen LogP contribution in [0, 0.1) is 0 Å². The monoisotopic (exact) mass is 260 g/mol. The fourth-order valence-electron chi connectivity index (χ4n) is 3.31. The summed E-state index contributed by atoms with van der Waals surface area (Å²) in [5.74, 6) is 0. The van der Waals surface area contributed by atoms with Gasteiger partial charge in [-0.3, -0.25) is 0 Å². The Hall–Kier alpha value is -1.22. The molecule has 1 unspecified atom stereocenters. The van der Waals surface area contributed by atoms with Gasteiger partial charge in [0.25, 0.3) is 0 Å². The molecule has 2 heterocycles. The lowest BCUT2D eigenvalue weighted by Crippen LogP contribution is -2.30. The van der Waals surface area contributed by atoms with Gasteiger partial charge in [-0.25, -0.2) is 0 Å². The molecule has 2 aliphatic rings. The molecule has 2 N–H and O–H groups in total. The molecule has 0 aliphatic carbocycles. The van der Waals surface area contributed by atoms with Crippen LogP contribution >= 0.6 is 0 Å². The second-order valence-corrected chi connectivity index (χ2v) is 5.76. The lowest BCUT2D eigenvalue weighted by atomic mass is 10.0. The number of hydrogen-bond donors (Lipinski definition) is 1. The predicted octanol–water partition coefficient (Wildman–Crippen LogP) is 2.98. The molecule has 0 amide bonds. The fraction of sp³-hybridized carbons (Fsp3) is 0.625. The molecule has 1 saturated heterocycles. The van der Waals surface area contributed by atoms with Crippen LogP contribution in [-0.2, 0) is 11.2 Å². The first-order valence-electron chi connectivity index (χ1n) is 7.58. The molecule has 2 aliphatic heterocycles. The molecule has 0 spiro atoms. The van der Waals surface area contributed by atoms with E-state index in [1.807, 2.05) is 6.07 Å². The zero-order valence-electron chi connectivity index (χ0n) is 11.6. The van der Waals surface area contributed by atoms with Gasteiger partial charge >= 0.3 is 0 Å². The average molecular weight is 260 g/mol. The van der Waals surface area contributed by atoms with E-state index in [-0.39, 0.29) is 0 Å². The average Bonchev–Trinajstić information content (AvgIpc) is 2.92. The van der Waals surface area contributed by atoms with Gasteiger partial charge in [-0.05, 0) is 62.3 Å². The van der Waals surface area contributed by atoms with Gasteiger partial charge in [0, 0.05) is 31.1 Å². The Labute approximate surface area is 115 Å². The number of nitrogens with zero attached hydrogens (tertiary/aromatic N) is 1. The zero-order valence-corrected chi connectivity index (χ0v) is 11.6. The van der Waals surface area contributed by atoms with Crippen molar-refractivity contribution in [3.63, 3.8) is 0 Å². The third-order valence-electron chi connectivity index (χ3n) is 4.30. The Kier molecular flexibility index (Phi) is 3.92. The van der Waals surface area contributed by atoms with E-state index in [1.165, 1.54) is 56.3 Å². The summed E-state index contributed by atoms with van der Waals surface area (Å²) in [7, 11) is 0. The van der Waals surface area contributed by atoms with E-state index in [9.17, 15) is 0 Å². The van der Waals surface area contributed by atoms with Crippen LogP contribution in [0.3, 0.4) is 0 Å². The number of fused-ring (bicyclic) bond motifs is 1. The minimum absolute atomic E-state index is 0.524. The molecular formula is C16H24N2O. The summed E-state index contributed by atoms with van der Waals surface area (Å²) in [6.07, 6.45) is 7.88. The van der Waals surface area contributed by atoms with Crippen molar-refractivity contribution in [1.29, 1.82) is 0 Å². The summed E-state index contributed by atoms with van der Waals surface area (Å²) in [6.45, 7) is 3.30. The minimum Gasteiger partial charge on any atom is -0.399 e. The van der Waals surface area contributed by atoms with Crippen LogP contribution in [0.25, 0.3) is 0 Å². The molecule has 3 rings (SSSR count). The lowest BCUT2D eigenvalue weighted by molar-refractivity contribution is 0.103. The number of aryl methyl sites for hydroxylation is 1. The third kappa shape index (κ3) is 3.03. The van der Waals surface area contributed by atoms with Crippen molar-refractivity contribution >= 4 is 11.4 Å². The third-order valence-corrected chi connectivity index (χ3v) is 4.30. The van der Waals surface area contributed by atoms with Crippen LogP contribution in [-0.4, -0.2) is 25.8 Å². The predicted molar refractivity (Wildman–Crippen MR) is 79.6 cm³/mol. The summed E-state index contributed by atoms with van der Waals surface area (Å²) in [5, 5.41) is 0. The van der Waals surface area contributed by atoms with Crippen molar-refractivity contribution in [3.05, 3.63) is 23.8 Å². The van der Waals surface area contributed by atoms with Crippen LogP contribution < -0.4 is 10.6 Å². The summed E-state index contributed by atoms with van der Waals surface area (Å²) in [4.78, 5) is 2.52. The van der Waals surface area contributed by atoms with Crippen LogP contribution in [0.2, 0.25) is 0 Å². The Morgan fingerprint density at radius 2 is 2.26 bits per heavy atom. The topological polar surface area (TPSA) is 38.5 Å². The minimum atomic E-state index is 0.524. The first-order chi connectivity index (χ1) is 9.33. The van der Waals surface area contributed by atoms with Gasteiger partial charge in [-0.2, -0.15) is 0 Å². The second-order valence-electron chi connectivity index (χ2n) is 5.76. The van der Waals surface area contributed by atoms with Crippen LogP contribution in [0.4, 0.5) is 11.4 Å². The van der Waals surface area contributed by atoms with Crippen molar-refractivity contribution < 1.29 is 4.74 Å². The number of anilines is 2. The van der Waals surface area contributed by atoms with Gasteiger partial charge < -0.3 is 15.4 Å². The SMILES string of the molecule is Nc1ccc2c(c1)CCCN2CCCC1CCCO1. The summed E-state index contributed by atoms with van der Waals surface area (Å²) >= 11 is 0. The number of rotatable bonds is 4. The molecule has 0 aromatic heterocycles. The van der Waals surface area contributed by atoms with E-state index < -0.39 is 0 Å². The normalized spacial score (nSPS) is 22.5. The van der Waals surface area contributed by atoms with E-state index in [4.69, 9.17) is 10.5 Å². The highest BCUT2D eigenvalue weighted by Crippen LogP contribution is 2.29. The Morgan fingerprint density at radius 1 is 1.32 bits per heavy atom. The molecule has 19 heavy (non-hydrogen) atoms. The molecular weight excluding hydrogens is 236 g/mol. The van der Waals surface area contributed by atoms with Gasteiger partial charge in [0.2, 0.25) is 0 Å². The van der Waals surface area contributed by atoms with Crippen molar-refractivity contribution in [2.45, 2.75) is 44.6 Å². The fourth-order valence-corrected chi connectivity index (χ4v) is 3.31. The van der Waals surface area contributed by atoms with Gasteiger partial charge in [0.1, 0.15) is 0 Å². The summed E-state index contributed by atoms with van der Waals surface area (Å²) < 4.78 is 5.69. The van der Waals surface area contributed by atoms with Gasteiger partial charge in [0.05, 0.1) is 6.10 Å². The van der Waals surface area contributed by atoms with Crippen molar-refractivity contribution in [2.75, 3.05) is 30.3 Å². The quantitative estimate of drug-likeness (QED) is 0.846. The molecule has 3 nitrogen and oxygen atoms in total. The molecule has 1 fully saturated rings. The van der Waals surface area contributed by atoms with E-state index in [0.29, 0.717) is 6.10 Å². The van der Waals surface area contributed by atoms with Crippen LogP contribution in [0.15, 0.2) is 18.2 Å². The Bertz CT molecular complexity index is 427. The van der Waals surface area contributed by atoms with Gasteiger partial charge in [-0.15, -0.1) is 0 Å². The second kappa shape index (κ2) is 5.83. The zero-order chi connectivity index (χ0) is 13.1. The van der Waals surface area contributed by atoms with Crippen LogP contribution in [0.1, 0.15) is 37.7 Å². The molecule has 1 atom stereocenters. The first kappa shape index (κ1) is 12.8. The molecule has 0 bridgehead atoms. The molecule has 0 saturated carbocycles. The number of ether oxygens (including phenoxy) is 1. The van der Waals surface area contributed by atoms with E-state index in [0.717, 1.165) is 18.8 Å². The van der Waals surface area contributed by atoms with Crippen LogP contribution in [0.5, 0.6) is 0 Å². The molecule has 1 aromatic rings. The Morgan fingerprint density at radius 3 is 3.11 bits per heavy atom. The maximum absolute atomic E-state index is 5.88. The van der Waals surface area contributed by atoms with Crippen molar-refractivity contribution in [1.82, 2.24) is 0 Å². The highest BCUT2D eigenvalue weighted by Gasteiger charge is 2.18. The first-order valence-corrected chi connectivity index (χ1v) is 7.58. The smallest absolute Gasteiger partial charge is 0.0576 e. The number of nitrogen functional groups attached to an aromatic ring is 1. The number of nitrogens with two attached hydrogens (primary N) is 1. The van der Waals surface area contributed by atoms with Crippen molar-refractivity contribution in [2.24, 2.45) is 0 Å².